The molecule has 0 aromatic carbocycles. The second-order valence-electron chi connectivity index (χ2n) is 9.79. The minimum absolute atomic E-state index is 0.0723. The third kappa shape index (κ3) is 15.1. The molecule has 5 atom stereocenters. The van der Waals surface area contributed by atoms with Crippen LogP contribution in [0.1, 0.15) is 60.3 Å². The summed E-state index contributed by atoms with van der Waals surface area (Å²) in [5, 5.41) is 21.2. The van der Waals surface area contributed by atoms with Gasteiger partial charge in [-0.25, -0.2) is 0 Å². The summed E-state index contributed by atoms with van der Waals surface area (Å²) in [6, 6.07) is -5.75. The summed E-state index contributed by atoms with van der Waals surface area (Å²) in [5.74, 6) is -6.08. The van der Waals surface area contributed by atoms with Gasteiger partial charge in [-0.3, -0.25) is 38.6 Å². The van der Waals surface area contributed by atoms with Crippen molar-refractivity contribution in [1.29, 1.82) is 0 Å². The van der Waals surface area contributed by atoms with E-state index in [0.717, 1.165) is 0 Å². The number of nitrogens with one attached hydrogen (secondary N) is 5. The van der Waals surface area contributed by atoms with Gasteiger partial charge in [0.1, 0.15) is 30.2 Å². The molecule has 0 saturated heterocycles. The van der Waals surface area contributed by atoms with Gasteiger partial charge in [-0.2, -0.15) is 0 Å². The van der Waals surface area contributed by atoms with Crippen molar-refractivity contribution in [2.24, 2.45) is 28.1 Å². The van der Waals surface area contributed by atoms with E-state index >= 15 is 0 Å². The molecule has 0 aromatic heterocycles. The minimum Gasteiger partial charge on any atom is -0.481 e. The average Bonchev–Trinajstić information content (AvgIpc) is 2.84. The van der Waals surface area contributed by atoms with Crippen molar-refractivity contribution in [3.63, 3.8) is 0 Å². The Hall–Kier alpha value is -4.44. The summed E-state index contributed by atoms with van der Waals surface area (Å²) in [7, 11) is 0. The second kappa shape index (κ2) is 18.0. The van der Waals surface area contributed by atoms with Gasteiger partial charge in [0, 0.05) is 19.9 Å². The largest absolute Gasteiger partial charge is 0.481 e. The first-order valence-electron chi connectivity index (χ1n) is 13.0. The van der Waals surface area contributed by atoms with Crippen molar-refractivity contribution in [3.05, 3.63) is 0 Å². The highest BCUT2D eigenvalue weighted by Crippen LogP contribution is 2.06. The smallest absolute Gasteiger partial charge is 0.303 e. The molecule has 41 heavy (non-hydrogen) atoms. The molecule has 0 aliphatic carbocycles. The Morgan fingerprint density at radius 1 is 0.707 bits per heavy atom. The van der Waals surface area contributed by atoms with Crippen LogP contribution in [-0.2, 0) is 33.6 Å². The topological polar surface area (TPSA) is 290 Å². The van der Waals surface area contributed by atoms with Crippen LogP contribution in [0.25, 0.3) is 0 Å². The number of carbonyl (C=O) groups is 7. The lowest BCUT2D eigenvalue weighted by Gasteiger charge is -2.26. The number of carbonyl (C=O) groups excluding carboxylic acids is 6. The monoisotopic (exact) mass is 585 g/mol. The molecule has 0 rings (SSSR count). The summed E-state index contributed by atoms with van der Waals surface area (Å²) < 4.78 is 0. The molecule has 12 N–H and O–H groups in total. The van der Waals surface area contributed by atoms with Gasteiger partial charge in [0.05, 0.1) is 0 Å². The molecule has 0 aliphatic rings. The molecule has 0 saturated carbocycles. The van der Waals surface area contributed by atoms with Crippen molar-refractivity contribution in [1.82, 2.24) is 26.6 Å². The Labute approximate surface area is 238 Å². The maximum absolute atomic E-state index is 13.0. The normalized spacial score (nSPS) is 14.3. The molecule has 232 valence electrons. The van der Waals surface area contributed by atoms with E-state index < -0.39 is 78.0 Å². The summed E-state index contributed by atoms with van der Waals surface area (Å²) in [5.41, 5.74) is 15.9. The zero-order valence-electron chi connectivity index (χ0n) is 24.0. The summed E-state index contributed by atoms with van der Waals surface area (Å²) >= 11 is 0. The molecule has 0 spiro atoms. The van der Waals surface area contributed by atoms with Crippen LogP contribution in [0, 0.1) is 5.92 Å². The zero-order valence-corrected chi connectivity index (χ0v) is 24.0. The predicted octanol–water partition coefficient (Wildman–Crippen LogP) is -3.47. The Morgan fingerprint density at radius 3 is 1.63 bits per heavy atom. The molecule has 0 fully saturated rings. The van der Waals surface area contributed by atoms with E-state index in [2.05, 4.69) is 31.6 Å². The van der Waals surface area contributed by atoms with E-state index in [-0.39, 0.29) is 37.7 Å². The zero-order chi connectivity index (χ0) is 31.9. The summed E-state index contributed by atoms with van der Waals surface area (Å²) in [6.45, 7) is 7.40. The highest BCUT2D eigenvalue weighted by Gasteiger charge is 2.30. The standard InChI is InChI=1S/C24H43N9O8/c1-11(2)18(19(25)37)33-23(41)16(8-9-17(35)36)32-21(39)13(4)30-22(40)15(7-6-10-28-24(26)27)31-20(38)12(3)29-14(5)34/h11-13,15-16,18H,6-10H2,1-5H3,(H2,25,37)(H,29,34)(H,30,40)(H,31,38)(H,32,39)(H,33,41)(H,35,36)(H4,26,27,28)/t12-,13-,15-,16-,18-/m0/s1. The molecular formula is C24H43N9O8. The lowest BCUT2D eigenvalue weighted by atomic mass is 10.0. The Kier molecular flexibility index (Phi) is 16.1. The van der Waals surface area contributed by atoms with Gasteiger partial charge in [0.15, 0.2) is 5.96 Å². The first-order valence-corrected chi connectivity index (χ1v) is 13.0. The van der Waals surface area contributed by atoms with Crippen molar-refractivity contribution < 1.29 is 38.7 Å². The molecule has 6 amide bonds. The molecule has 0 heterocycles. The highest BCUT2D eigenvalue weighted by atomic mass is 16.4. The van der Waals surface area contributed by atoms with E-state index in [1.807, 2.05) is 0 Å². The molecule has 17 heteroatoms. The number of hydrogen-bond donors (Lipinski definition) is 9. The number of amides is 6. The second-order valence-corrected chi connectivity index (χ2v) is 9.79. The van der Waals surface area contributed by atoms with E-state index in [0.29, 0.717) is 0 Å². The first kappa shape index (κ1) is 36.6. The van der Waals surface area contributed by atoms with Gasteiger partial charge in [-0.1, -0.05) is 13.8 Å². The van der Waals surface area contributed by atoms with Crippen molar-refractivity contribution in [2.45, 2.75) is 90.5 Å². The molecule has 0 unspecified atom stereocenters. The first-order chi connectivity index (χ1) is 19.0. The van der Waals surface area contributed by atoms with Crippen molar-refractivity contribution in [2.75, 3.05) is 6.54 Å². The van der Waals surface area contributed by atoms with E-state index in [1.165, 1.54) is 20.8 Å². The maximum atomic E-state index is 13.0. The number of primary amides is 1. The predicted molar refractivity (Wildman–Crippen MR) is 147 cm³/mol. The van der Waals surface area contributed by atoms with E-state index in [9.17, 15) is 33.6 Å². The van der Waals surface area contributed by atoms with E-state index in [4.69, 9.17) is 22.3 Å². The molecule has 17 nitrogen and oxygen atoms in total. The summed E-state index contributed by atoms with van der Waals surface area (Å²) in [4.78, 5) is 89.1. The van der Waals surface area contributed by atoms with Crippen LogP contribution in [-0.4, -0.2) is 89.2 Å². The van der Waals surface area contributed by atoms with Gasteiger partial charge in [0.2, 0.25) is 35.4 Å². The van der Waals surface area contributed by atoms with Gasteiger partial charge in [0.25, 0.3) is 0 Å². The Balaban J connectivity index is 5.59. The van der Waals surface area contributed by atoms with Crippen molar-refractivity contribution in [3.8, 4) is 0 Å². The fourth-order valence-corrected chi connectivity index (χ4v) is 3.47. The average molecular weight is 586 g/mol. The Morgan fingerprint density at radius 2 is 1.20 bits per heavy atom. The van der Waals surface area contributed by atoms with Gasteiger partial charge >= 0.3 is 5.97 Å². The Bertz CT molecular complexity index is 998. The number of nitrogens with zero attached hydrogens (tertiary/aromatic N) is 1. The fraction of sp³-hybridized carbons (Fsp3) is 0.667. The summed E-state index contributed by atoms with van der Waals surface area (Å²) in [6.07, 6.45) is -0.428. The van der Waals surface area contributed by atoms with Crippen molar-refractivity contribution >= 4 is 47.4 Å². The number of aliphatic imine (C=N–C) groups is 1. The van der Waals surface area contributed by atoms with Crippen LogP contribution in [0.3, 0.4) is 0 Å². The fourth-order valence-electron chi connectivity index (χ4n) is 3.47. The van der Waals surface area contributed by atoms with Gasteiger partial charge < -0.3 is 48.9 Å². The molecule has 0 aromatic rings. The van der Waals surface area contributed by atoms with Crippen LogP contribution in [0.5, 0.6) is 0 Å². The lowest BCUT2D eigenvalue weighted by Crippen LogP contribution is -2.58. The van der Waals surface area contributed by atoms with Crippen LogP contribution in [0.4, 0.5) is 0 Å². The van der Waals surface area contributed by atoms with Crippen LogP contribution >= 0.6 is 0 Å². The number of carboxylic acids is 1. The number of rotatable bonds is 18. The number of carboxylic acid groups (broad SMARTS) is 1. The molecule has 0 aliphatic heterocycles. The van der Waals surface area contributed by atoms with Crippen LogP contribution in [0.2, 0.25) is 0 Å². The third-order valence-electron chi connectivity index (χ3n) is 5.69. The van der Waals surface area contributed by atoms with Crippen LogP contribution in [0.15, 0.2) is 4.99 Å². The maximum Gasteiger partial charge on any atom is 0.303 e. The highest BCUT2D eigenvalue weighted by molar-refractivity contribution is 5.96. The van der Waals surface area contributed by atoms with Gasteiger partial charge in [-0.05, 0) is 39.0 Å². The van der Waals surface area contributed by atoms with Crippen LogP contribution < -0.4 is 43.8 Å². The number of nitrogens with two attached hydrogens (primary N) is 3. The molecule has 0 radical (unpaired) electrons. The number of hydrogen-bond acceptors (Lipinski definition) is 8. The minimum atomic E-state index is -1.35. The lowest BCUT2D eigenvalue weighted by molar-refractivity contribution is -0.138. The third-order valence-corrected chi connectivity index (χ3v) is 5.69. The van der Waals surface area contributed by atoms with E-state index in [1.54, 1.807) is 13.8 Å². The SMILES string of the molecule is CC(=O)N[C@@H](C)C(=O)N[C@@H](CCCN=C(N)N)C(=O)N[C@@H](C)C(=O)N[C@@H](CCC(=O)O)C(=O)N[C@H](C(N)=O)C(C)C. The van der Waals surface area contributed by atoms with Gasteiger partial charge in [-0.15, -0.1) is 0 Å². The molecule has 0 bridgehead atoms. The number of guanidine groups is 1. The number of aliphatic carboxylic acids is 1. The quantitative estimate of drug-likeness (QED) is 0.0435. The molecular weight excluding hydrogens is 542 g/mol.